The Morgan fingerprint density at radius 2 is 1.42 bits per heavy atom. The Morgan fingerprint density at radius 1 is 0.917 bits per heavy atom. The molecule has 0 amide bonds. The van der Waals surface area contributed by atoms with E-state index < -0.39 is 0 Å². The molecule has 0 aliphatic heterocycles. The van der Waals surface area contributed by atoms with Crippen LogP contribution in [0, 0.1) is 5.92 Å². The molecule has 0 atom stereocenters. The third-order valence-corrected chi connectivity index (χ3v) is 2.73. The van der Waals surface area contributed by atoms with Crippen molar-refractivity contribution < 1.29 is 40.8 Å². The maximum absolute atomic E-state index is 2.31. The number of hydrogen-bond acceptors (Lipinski definition) is 3. The second-order valence-corrected chi connectivity index (χ2v) is 4.79. The van der Waals surface area contributed by atoms with Gasteiger partial charge in [-0.3, -0.25) is 0 Å². The Labute approximate surface area is 90.4 Å². The molecule has 0 bridgehead atoms. The molecule has 0 saturated carbocycles. The maximum atomic E-state index is 2.31. The van der Waals surface area contributed by atoms with Crippen LogP contribution in [0.25, 0.3) is 0 Å². The molecule has 0 aliphatic rings. The molecule has 12 heavy (non-hydrogen) atoms. The summed E-state index contributed by atoms with van der Waals surface area (Å²) in [6, 6.07) is 0. The average molecular weight is 343 g/mol. The van der Waals surface area contributed by atoms with Crippen LogP contribution < -0.4 is 0 Å². The Morgan fingerprint density at radius 3 is 1.75 bits per heavy atom. The molecule has 0 aromatic rings. The van der Waals surface area contributed by atoms with Gasteiger partial charge < -0.3 is 16.4 Å². The Bertz CT molecular complexity index is 60.3. The molecular weight excluding hydrogens is 323 g/mol. The smallest absolute Gasteiger partial charge is 0.870 e. The Kier molecular flexibility index (Phi) is 34.0. The summed E-state index contributed by atoms with van der Waals surface area (Å²) < 4.78 is 1.50. The van der Waals surface area contributed by atoms with Gasteiger partial charge in [0.2, 0.25) is 0 Å². The molecule has 0 radical (unpaired) electrons. The standard InChI is InChI=1S/C8H17.Hf.3H2O/c1-4-5-6-7-8(2)3;;;;/h8H,1,4-7H2,2-3H3;;3*1H2/q;+3;;;/p-3. The molecule has 0 aliphatic carbocycles. The third kappa shape index (κ3) is 22.4. The van der Waals surface area contributed by atoms with Gasteiger partial charge in [0.15, 0.2) is 0 Å². The molecule has 4 heteroatoms. The van der Waals surface area contributed by atoms with Crippen LogP contribution in [0.5, 0.6) is 0 Å². The van der Waals surface area contributed by atoms with Crippen molar-refractivity contribution in [3.05, 3.63) is 0 Å². The largest absolute Gasteiger partial charge is 0.870 e. The maximum Gasteiger partial charge on any atom is -0.870 e. The number of rotatable bonds is 5. The average Bonchev–Trinajstić information content (AvgIpc) is 1.80. The van der Waals surface area contributed by atoms with Crippen molar-refractivity contribution in [2.45, 2.75) is 43.7 Å². The fraction of sp³-hybridized carbons (Fsp3) is 1.00. The van der Waals surface area contributed by atoms with Crippen LogP contribution in [0.4, 0.5) is 0 Å². The minimum absolute atomic E-state index is 0. The van der Waals surface area contributed by atoms with E-state index in [4.69, 9.17) is 0 Å². The molecule has 74 valence electrons. The predicted molar refractivity (Wildman–Crippen MR) is 43.9 cm³/mol. The SMILES string of the molecule is CC(C)CCCC[CH2][Hf+3].[OH-].[OH-].[OH-]. The summed E-state index contributed by atoms with van der Waals surface area (Å²) in [6.45, 7) is 4.61. The zero-order valence-corrected chi connectivity index (χ0v) is 11.5. The zero-order valence-electron chi connectivity index (χ0n) is 7.95. The van der Waals surface area contributed by atoms with Crippen LogP contribution in [0.2, 0.25) is 4.18 Å². The van der Waals surface area contributed by atoms with E-state index in [0.29, 0.717) is 0 Å². The second-order valence-electron chi connectivity index (χ2n) is 2.99. The second kappa shape index (κ2) is 17.7. The molecule has 0 rings (SSSR count). The van der Waals surface area contributed by atoms with Gasteiger partial charge in [-0.25, -0.2) is 0 Å². The summed E-state index contributed by atoms with van der Waals surface area (Å²) in [7, 11) is 0. The van der Waals surface area contributed by atoms with Crippen molar-refractivity contribution in [3.63, 3.8) is 0 Å². The van der Waals surface area contributed by atoms with E-state index in [1.807, 2.05) is 0 Å². The van der Waals surface area contributed by atoms with E-state index in [1.165, 1.54) is 54.2 Å². The molecule has 0 spiro atoms. The van der Waals surface area contributed by atoms with E-state index in [9.17, 15) is 0 Å². The van der Waals surface area contributed by atoms with Crippen molar-refractivity contribution in [2.75, 3.05) is 0 Å². The van der Waals surface area contributed by atoms with Crippen molar-refractivity contribution in [2.24, 2.45) is 5.92 Å². The van der Waals surface area contributed by atoms with Crippen molar-refractivity contribution in [1.82, 2.24) is 0 Å². The minimum Gasteiger partial charge on any atom is -0.870 e. The van der Waals surface area contributed by atoms with Crippen LogP contribution in [0.15, 0.2) is 0 Å². The van der Waals surface area contributed by atoms with Crippen molar-refractivity contribution in [1.29, 1.82) is 0 Å². The third-order valence-electron chi connectivity index (χ3n) is 1.46. The van der Waals surface area contributed by atoms with E-state index in [1.54, 1.807) is 0 Å². The van der Waals surface area contributed by atoms with E-state index in [2.05, 4.69) is 13.8 Å². The molecular formula is C8H20HfO3. The van der Waals surface area contributed by atoms with Gasteiger partial charge in [-0.1, -0.05) is 0 Å². The van der Waals surface area contributed by atoms with Crippen molar-refractivity contribution in [3.8, 4) is 0 Å². The van der Waals surface area contributed by atoms with Crippen LogP contribution in [0.1, 0.15) is 39.5 Å². The molecule has 0 saturated heterocycles. The van der Waals surface area contributed by atoms with Crippen LogP contribution in [0.3, 0.4) is 0 Å². The summed E-state index contributed by atoms with van der Waals surface area (Å²) in [4.78, 5) is 0. The first-order valence-electron chi connectivity index (χ1n) is 3.92. The first-order chi connectivity index (χ1) is 4.27. The van der Waals surface area contributed by atoms with Crippen LogP contribution in [-0.2, 0) is 24.4 Å². The summed E-state index contributed by atoms with van der Waals surface area (Å²) in [6.07, 6.45) is 5.85. The summed E-state index contributed by atoms with van der Waals surface area (Å²) in [5.74, 6) is 0.916. The molecule has 3 nitrogen and oxygen atoms in total. The summed E-state index contributed by atoms with van der Waals surface area (Å²) in [5.41, 5.74) is 0. The van der Waals surface area contributed by atoms with Gasteiger partial charge in [0, 0.05) is 0 Å². The van der Waals surface area contributed by atoms with E-state index in [-0.39, 0.29) is 16.4 Å². The van der Waals surface area contributed by atoms with Crippen molar-refractivity contribution >= 4 is 0 Å². The van der Waals surface area contributed by atoms with Gasteiger partial charge in [-0.2, -0.15) is 0 Å². The molecule has 0 fully saturated rings. The predicted octanol–water partition coefficient (Wildman–Crippen LogP) is 2.64. The first-order valence-corrected chi connectivity index (χ1v) is 6.46. The Balaban J connectivity index is -0.000000107. The van der Waals surface area contributed by atoms with Gasteiger partial charge in [0.1, 0.15) is 0 Å². The van der Waals surface area contributed by atoms with Gasteiger partial charge in [-0.15, -0.1) is 0 Å². The molecule has 0 heterocycles. The van der Waals surface area contributed by atoms with Gasteiger partial charge in [0.05, 0.1) is 0 Å². The zero-order chi connectivity index (χ0) is 7.11. The topological polar surface area (TPSA) is 90.0 Å². The fourth-order valence-electron chi connectivity index (χ4n) is 0.854. The van der Waals surface area contributed by atoms with Crippen LogP contribution >= 0.6 is 0 Å². The van der Waals surface area contributed by atoms with Gasteiger partial charge >= 0.3 is 74.0 Å². The number of hydrogen-bond donors (Lipinski definition) is 0. The van der Waals surface area contributed by atoms with E-state index >= 15 is 0 Å². The van der Waals surface area contributed by atoms with E-state index in [0.717, 1.165) is 5.92 Å². The normalized spacial score (nSPS) is 8.08. The molecule has 0 aromatic carbocycles. The summed E-state index contributed by atoms with van der Waals surface area (Å²) in [5, 5.41) is 0. The van der Waals surface area contributed by atoms with Crippen LogP contribution in [-0.4, -0.2) is 16.4 Å². The monoisotopic (exact) mass is 344 g/mol. The van der Waals surface area contributed by atoms with Gasteiger partial charge in [-0.05, 0) is 0 Å². The molecule has 3 N–H and O–H groups in total. The Hall–Kier alpha value is 0.750. The summed E-state index contributed by atoms with van der Waals surface area (Å²) >= 11 is 1.40. The van der Waals surface area contributed by atoms with Gasteiger partial charge in [0.25, 0.3) is 0 Å². The molecule has 0 aromatic heterocycles. The number of unbranched alkanes of at least 4 members (excludes halogenated alkanes) is 2. The minimum atomic E-state index is 0. The first kappa shape index (κ1) is 23.0. The molecule has 0 unspecified atom stereocenters. The fourth-order valence-corrected chi connectivity index (χ4v) is 1.75. The quantitative estimate of drug-likeness (QED) is 0.568.